The molecule has 0 aliphatic rings. The lowest BCUT2D eigenvalue weighted by Gasteiger charge is -2.09. The fraction of sp³-hybridized carbons (Fsp3) is 1.00. The summed E-state index contributed by atoms with van der Waals surface area (Å²) in [6.45, 7) is 18.0. The molecule has 0 aromatic carbocycles. The van der Waals surface area contributed by atoms with Gasteiger partial charge in [-0.3, -0.25) is 0 Å². The van der Waals surface area contributed by atoms with Crippen molar-refractivity contribution in [3.8, 4) is 0 Å². The van der Waals surface area contributed by atoms with E-state index in [1.54, 1.807) is 0 Å². The summed E-state index contributed by atoms with van der Waals surface area (Å²) in [4.78, 5) is 0. The van der Waals surface area contributed by atoms with Crippen LogP contribution in [-0.4, -0.2) is 131 Å². The topological polar surface area (TPSA) is 92.3 Å². The zero-order chi connectivity index (χ0) is 25.0. The molecule has 0 saturated carbocycles. The van der Waals surface area contributed by atoms with E-state index < -0.39 is 0 Å². The molecule has 10 heteroatoms. The highest BCUT2D eigenvalue weighted by Crippen LogP contribution is 1.89. The minimum Gasteiger partial charge on any atom is -0.377 e. The molecule has 0 unspecified atom stereocenters. The molecule has 0 radical (unpaired) electrons. The molecule has 0 aliphatic heterocycles. The van der Waals surface area contributed by atoms with Gasteiger partial charge in [0.2, 0.25) is 0 Å². The third kappa shape index (κ3) is 31.6. The lowest BCUT2D eigenvalue weighted by atomic mass is 10.5. The predicted molar refractivity (Wildman–Crippen MR) is 129 cm³/mol. The van der Waals surface area contributed by atoms with Crippen molar-refractivity contribution < 1.29 is 47.4 Å². The first-order valence-corrected chi connectivity index (χ1v) is 12.5. The molecule has 0 aromatic rings. The van der Waals surface area contributed by atoms with E-state index in [0.29, 0.717) is 119 Å². The van der Waals surface area contributed by atoms with Crippen LogP contribution in [0.3, 0.4) is 0 Å². The van der Waals surface area contributed by atoms with Crippen molar-refractivity contribution in [3.05, 3.63) is 0 Å². The Kier molecular flexibility index (Phi) is 28.5. The Morgan fingerprint density at radius 1 is 0.265 bits per heavy atom. The summed E-state index contributed by atoms with van der Waals surface area (Å²) in [5, 5.41) is 0. The maximum absolute atomic E-state index is 5.45. The van der Waals surface area contributed by atoms with Crippen molar-refractivity contribution >= 4 is 0 Å². The number of rotatable bonds is 29. The van der Waals surface area contributed by atoms with E-state index in [1.807, 2.05) is 27.7 Å². The van der Waals surface area contributed by atoms with Gasteiger partial charge in [0, 0.05) is 0 Å². The average molecular weight is 499 g/mol. The average Bonchev–Trinajstić information content (AvgIpc) is 2.80. The summed E-state index contributed by atoms with van der Waals surface area (Å²) in [6, 6.07) is 0. The van der Waals surface area contributed by atoms with Crippen LogP contribution in [0.2, 0.25) is 0 Å². The summed E-state index contributed by atoms with van der Waals surface area (Å²) < 4.78 is 54.2. The van der Waals surface area contributed by atoms with Gasteiger partial charge in [-0.25, -0.2) is 0 Å². The molecule has 10 nitrogen and oxygen atoms in total. The van der Waals surface area contributed by atoms with E-state index in [-0.39, 0.29) is 12.2 Å². The Morgan fingerprint density at radius 3 is 0.559 bits per heavy atom. The van der Waals surface area contributed by atoms with Crippen molar-refractivity contribution in [1.29, 1.82) is 0 Å². The molecule has 0 amide bonds. The van der Waals surface area contributed by atoms with Crippen molar-refractivity contribution in [2.45, 2.75) is 39.9 Å². The van der Waals surface area contributed by atoms with E-state index in [9.17, 15) is 0 Å². The maximum Gasteiger partial charge on any atom is 0.0703 e. The van der Waals surface area contributed by atoms with E-state index in [2.05, 4.69) is 0 Å². The molecule has 0 heterocycles. The highest BCUT2D eigenvalue weighted by molar-refractivity contribution is 4.40. The Labute approximate surface area is 206 Å². The van der Waals surface area contributed by atoms with Crippen LogP contribution < -0.4 is 0 Å². The van der Waals surface area contributed by atoms with E-state index in [4.69, 9.17) is 47.4 Å². The van der Waals surface area contributed by atoms with Gasteiger partial charge in [-0.2, -0.15) is 0 Å². The van der Waals surface area contributed by atoms with Gasteiger partial charge in [0.05, 0.1) is 131 Å². The molecular weight excluding hydrogens is 448 g/mol. The summed E-state index contributed by atoms with van der Waals surface area (Å²) in [5.41, 5.74) is 0. The Bertz CT molecular complexity index is 338. The second-order valence-corrected chi connectivity index (χ2v) is 7.74. The molecule has 0 N–H and O–H groups in total. The normalized spacial score (nSPS) is 11.8. The van der Waals surface area contributed by atoms with Crippen molar-refractivity contribution in [2.75, 3.05) is 119 Å². The highest BCUT2D eigenvalue weighted by atomic mass is 16.6. The first-order valence-electron chi connectivity index (χ1n) is 12.5. The molecule has 34 heavy (non-hydrogen) atoms. The van der Waals surface area contributed by atoms with Crippen LogP contribution in [0.4, 0.5) is 0 Å². The lowest BCUT2D eigenvalue weighted by Crippen LogP contribution is -2.15. The van der Waals surface area contributed by atoms with Crippen LogP contribution in [0, 0.1) is 0 Å². The number of ether oxygens (including phenoxy) is 10. The molecule has 0 spiro atoms. The zero-order valence-electron chi connectivity index (χ0n) is 22.0. The molecule has 0 aromatic heterocycles. The van der Waals surface area contributed by atoms with E-state index in [1.165, 1.54) is 0 Å². The van der Waals surface area contributed by atoms with Gasteiger partial charge >= 0.3 is 0 Å². The molecule has 0 atom stereocenters. The van der Waals surface area contributed by atoms with Gasteiger partial charge in [-0.05, 0) is 27.7 Å². The first-order chi connectivity index (χ1) is 16.6. The summed E-state index contributed by atoms with van der Waals surface area (Å²) in [5.74, 6) is 0. The Hall–Kier alpha value is -0.400. The minimum absolute atomic E-state index is 0.238. The molecule has 0 rings (SSSR count). The third-order valence-electron chi connectivity index (χ3n) is 3.96. The largest absolute Gasteiger partial charge is 0.377 e. The quantitative estimate of drug-likeness (QED) is 0.143. The lowest BCUT2D eigenvalue weighted by molar-refractivity contribution is -0.0289. The maximum atomic E-state index is 5.45. The molecule has 0 bridgehead atoms. The fourth-order valence-electron chi connectivity index (χ4n) is 2.33. The Morgan fingerprint density at radius 2 is 0.412 bits per heavy atom. The minimum atomic E-state index is 0.238. The first kappa shape index (κ1) is 33.6. The van der Waals surface area contributed by atoms with Gasteiger partial charge in [-0.1, -0.05) is 0 Å². The number of hydrogen-bond acceptors (Lipinski definition) is 10. The van der Waals surface area contributed by atoms with Gasteiger partial charge in [-0.15, -0.1) is 0 Å². The van der Waals surface area contributed by atoms with Crippen molar-refractivity contribution in [1.82, 2.24) is 0 Å². The monoisotopic (exact) mass is 498 g/mol. The standard InChI is InChI=1S/C24H50O10/c1-23(2)33-21-19-31-17-15-29-13-11-27-9-7-25-5-6-26-8-10-28-12-14-30-16-18-32-20-22-34-24(3)4/h23-24H,5-22H2,1-4H3. The molecule has 0 fully saturated rings. The smallest absolute Gasteiger partial charge is 0.0703 e. The molecule has 206 valence electrons. The van der Waals surface area contributed by atoms with Crippen LogP contribution in [0.5, 0.6) is 0 Å². The van der Waals surface area contributed by atoms with Crippen LogP contribution in [-0.2, 0) is 47.4 Å². The van der Waals surface area contributed by atoms with Gasteiger partial charge in [0.15, 0.2) is 0 Å². The molecule has 0 saturated heterocycles. The Balaban J connectivity index is 3.02. The summed E-state index contributed by atoms with van der Waals surface area (Å²) >= 11 is 0. The van der Waals surface area contributed by atoms with Gasteiger partial charge in [0.25, 0.3) is 0 Å². The summed E-state index contributed by atoms with van der Waals surface area (Å²) in [7, 11) is 0. The van der Waals surface area contributed by atoms with Crippen LogP contribution in [0.25, 0.3) is 0 Å². The molecule has 0 aliphatic carbocycles. The predicted octanol–water partition coefficient (Wildman–Crippen LogP) is 1.97. The summed E-state index contributed by atoms with van der Waals surface area (Å²) in [6.07, 6.45) is 0.476. The van der Waals surface area contributed by atoms with Crippen LogP contribution in [0.1, 0.15) is 27.7 Å². The number of hydrogen-bond donors (Lipinski definition) is 0. The van der Waals surface area contributed by atoms with E-state index >= 15 is 0 Å². The zero-order valence-corrected chi connectivity index (χ0v) is 22.0. The van der Waals surface area contributed by atoms with Crippen LogP contribution >= 0.6 is 0 Å². The molecular formula is C24H50O10. The van der Waals surface area contributed by atoms with E-state index in [0.717, 1.165) is 0 Å². The third-order valence-corrected chi connectivity index (χ3v) is 3.96. The second kappa shape index (κ2) is 28.8. The van der Waals surface area contributed by atoms with Crippen LogP contribution in [0.15, 0.2) is 0 Å². The van der Waals surface area contributed by atoms with Crippen molar-refractivity contribution in [2.24, 2.45) is 0 Å². The fourth-order valence-corrected chi connectivity index (χ4v) is 2.33. The second-order valence-electron chi connectivity index (χ2n) is 7.74. The van der Waals surface area contributed by atoms with Crippen molar-refractivity contribution in [3.63, 3.8) is 0 Å². The SMILES string of the molecule is CC(C)OCCOCCOCCOCCOCCOCCOCCOCCOCCOC(C)C. The van der Waals surface area contributed by atoms with Gasteiger partial charge in [0.1, 0.15) is 0 Å². The van der Waals surface area contributed by atoms with Gasteiger partial charge < -0.3 is 47.4 Å². The highest BCUT2D eigenvalue weighted by Gasteiger charge is 1.96.